The molecular formula is C27H27N3O4S. The summed E-state index contributed by atoms with van der Waals surface area (Å²) in [6.45, 7) is 6.77. The highest BCUT2D eigenvalue weighted by atomic mass is 32.1. The van der Waals surface area contributed by atoms with E-state index in [0.717, 1.165) is 35.2 Å². The van der Waals surface area contributed by atoms with Crippen molar-refractivity contribution in [2.75, 3.05) is 11.9 Å². The molecule has 180 valence electrons. The first-order chi connectivity index (χ1) is 16.8. The van der Waals surface area contributed by atoms with Crippen LogP contribution in [-0.4, -0.2) is 27.7 Å². The number of carbonyl (C=O) groups is 1. The number of amides is 1. The number of thiocarbonyl (C=S) groups is 1. The molecule has 1 aromatic heterocycles. The molecule has 4 aromatic rings. The lowest BCUT2D eigenvalue weighted by Crippen LogP contribution is -2.34. The number of carbonyl (C=O) groups excluding carboxylic acids is 1. The molecular weight excluding hydrogens is 462 g/mol. The number of ether oxygens (including phenoxy) is 1. The zero-order valence-corrected chi connectivity index (χ0v) is 20.7. The third kappa shape index (κ3) is 5.78. The van der Waals surface area contributed by atoms with Gasteiger partial charge in [0, 0.05) is 17.3 Å². The van der Waals surface area contributed by atoms with Crippen molar-refractivity contribution in [3.63, 3.8) is 0 Å². The molecule has 8 heteroatoms. The predicted octanol–water partition coefficient (Wildman–Crippen LogP) is 6.12. The van der Waals surface area contributed by atoms with E-state index >= 15 is 0 Å². The number of aryl methyl sites for hydroxylation is 2. The van der Waals surface area contributed by atoms with Crippen LogP contribution in [0.1, 0.15) is 41.3 Å². The Morgan fingerprint density at radius 2 is 1.83 bits per heavy atom. The Hall–Kier alpha value is -3.91. The van der Waals surface area contributed by atoms with Crippen LogP contribution in [0.25, 0.3) is 22.6 Å². The average Bonchev–Trinajstić information content (AvgIpc) is 3.22. The summed E-state index contributed by atoms with van der Waals surface area (Å²) in [5, 5.41) is 16.2. The molecule has 0 aliphatic carbocycles. The van der Waals surface area contributed by atoms with E-state index in [9.17, 15) is 9.90 Å². The Labute approximate surface area is 209 Å². The van der Waals surface area contributed by atoms with Gasteiger partial charge in [0.2, 0.25) is 5.89 Å². The van der Waals surface area contributed by atoms with Gasteiger partial charge >= 0.3 is 0 Å². The zero-order valence-electron chi connectivity index (χ0n) is 19.8. The van der Waals surface area contributed by atoms with Gasteiger partial charge in [-0.05, 0) is 92.1 Å². The van der Waals surface area contributed by atoms with Crippen LogP contribution in [0.2, 0.25) is 0 Å². The summed E-state index contributed by atoms with van der Waals surface area (Å²) in [6, 6.07) is 15.7. The molecule has 0 atom stereocenters. The Morgan fingerprint density at radius 3 is 2.54 bits per heavy atom. The largest absolute Gasteiger partial charge is 0.507 e. The maximum Gasteiger partial charge on any atom is 0.257 e. The van der Waals surface area contributed by atoms with E-state index in [2.05, 4.69) is 22.5 Å². The molecule has 0 saturated carbocycles. The lowest BCUT2D eigenvalue weighted by Gasteiger charge is -2.11. The van der Waals surface area contributed by atoms with Gasteiger partial charge in [-0.25, -0.2) is 4.98 Å². The number of nitrogens with zero attached hydrogens (tertiary/aromatic N) is 1. The topological polar surface area (TPSA) is 96.6 Å². The molecule has 0 fully saturated rings. The third-order valence-corrected chi connectivity index (χ3v) is 5.80. The number of unbranched alkanes of at least 4 members (excludes halogenated alkanes) is 1. The van der Waals surface area contributed by atoms with Crippen molar-refractivity contribution >= 4 is 40.0 Å². The second kappa shape index (κ2) is 10.6. The van der Waals surface area contributed by atoms with Crippen molar-refractivity contribution in [1.82, 2.24) is 10.3 Å². The number of rotatable bonds is 7. The Balaban J connectivity index is 1.39. The van der Waals surface area contributed by atoms with E-state index < -0.39 is 0 Å². The van der Waals surface area contributed by atoms with Crippen LogP contribution in [0.4, 0.5) is 5.69 Å². The molecule has 1 heterocycles. The number of hydrogen-bond acceptors (Lipinski definition) is 6. The van der Waals surface area contributed by atoms with Crippen LogP contribution in [0, 0.1) is 13.8 Å². The summed E-state index contributed by atoms with van der Waals surface area (Å²) in [6.07, 6.45) is 2.04. The fraction of sp³-hybridized carbons (Fsp3) is 0.222. The maximum absolute atomic E-state index is 12.5. The number of oxazole rings is 1. The predicted molar refractivity (Wildman–Crippen MR) is 141 cm³/mol. The van der Waals surface area contributed by atoms with Crippen LogP contribution in [-0.2, 0) is 0 Å². The minimum atomic E-state index is -0.347. The highest BCUT2D eigenvalue weighted by Gasteiger charge is 2.15. The second-order valence-corrected chi connectivity index (χ2v) is 8.70. The molecule has 0 radical (unpaired) electrons. The number of phenols is 1. The summed E-state index contributed by atoms with van der Waals surface area (Å²) in [7, 11) is 0. The minimum Gasteiger partial charge on any atom is -0.507 e. The summed E-state index contributed by atoms with van der Waals surface area (Å²) >= 11 is 5.27. The molecule has 0 spiro atoms. The van der Waals surface area contributed by atoms with E-state index in [0.29, 0.717) is 34.9 Å². The number of hydrogen-bond donors (Lipinski definition) is 3. The lowest BCUT2D eigenvalue weighted by molar-refractivity contribution is 0.0977. The Bertz CT molecular complexity index is 1340. The molecule has 7 nitrogen and oxygen atoms in total. The summed E-state index contributed by atoms with van der Waals surface area (Å²) in [4.78, 5) is 17.0. The molecule has 35 heavy (non-hydrogen) atoms. The van der Waals surface area contributed by atoms with Crippen molar-refractivity contribution < 1.29 is 19.1 Å². The van der Waals surface area contributed by atoms with Crippen LogP contribution in [0.3, 0.4) is 0 Å². The highest BCUT2D eigenvalue weighted by molar-refractivity contribution is 7.80. The van der Waals surface area contributed by atoms with Gasteiger partial charge in [-0.15, -0.1) is 0 Å². The Kier molecular flexibility index (Phi) is 7.31. The number of anilines is 1. The van der Waals surface area contributed by atoms with E-state index in [1.165, 1.54) is 6.07 Å². The van der Waals surface area contributed by atoms with Crippen LogP contribution in [0.15, 0.2) is 59.0 Å². The van der Waals surface area contributed by atoms with Crippen LogP contribution in [0.5, 0.6) is 11.5 Å². The van der Waals surface area contributed by atoms with Gasteiger partial charge < -0.3 is 19.6 Å². The van der Waals surface area contributed by atoms with Crippen molar-refractivity contribution in [3.05, 3.63) is 71.3 Å². The number of benzene rings is 3. The number of fused-ring (bicyclic) bond motifs is 1. The molecule has 0 saturated heterocycles. The highest BCUT2D eigenvalue weighted by Crippen LogP contribution is 2.33. The fourth-order valence-electron chi connectivity index (χ4n) is 3.46. The monoisotopic (exact) mass is 489 g/mol. The van der Waals surface area contributed by atoms with E-state index in [-0.39, 0.29) is 16.8 Å². The second-order valence-electron chi connectivity index (χ2n) is 8.29. The van der Waals surface area contributed by atoms with Gasteiger partial charge in [0.05, 0.1) is 12.2 Å². The standard InChI is InChI=1S/C27H27N3O4S/c1-4-5-12-33-20-9-6-18(7-10-20)25(32)30-27(35)28-19-8-11-21(23(31)15-19)26-29-22-13-16(2)17(3)14-24(22)34-26/h6-11,13-15,31H,4-5,12H2,1-3H3,(H2,28,30,32,35). The van der Waals surface area contributed by atoms with Crippen molar-refractivity contribution in [2.45, 2.75) is 33.6 Å². The quantitative estimate of drug-likeness (QED) is 0.212. The van der Waals surface area contributed by atoms with Crippen LogP contribution >= 0.6 is 12.2 Å². The number of nitrogens with one attached hydrogen (secondary N) is 2. The first kappa shape index (κ1) is 24.2. The average molecular weight is 490 g/mol. The SMILES string of the molecule is CCCCOc1ccc(C(=O)NC(=S)Nc2ccc(-c3nc4cc(C)c(C)cc4o3)c(O)c2)cc1. The third-order valence-electron chi connectivity index (χ3n) is 5.60. The molecule has 0 bridgehead atoms. The number of aromatic hydroxyl groups is 1. The molecule has 3 N–H and O–H groups in total. The first-order valence-corrected chi connectivity index (χ1v) is 11.8. The van der Waals surface area contributed by atoms with Gasteiger partial charge in [0.1, 0.15) is 17.0 Å². The van der Waals surface area contributed by atoms with Gasteiger partial charge in [-0.1, -0.05) is 13.3 Å². The zero-order chi connectivity index (χ0) is 24.9. The molecule has 0 aliphatic rings. The normalized spacial score (nSPS) is 10.8. The Morgan fingerprint density at radius 1 is 1.09 bits per heavy atom. The molecule has 0 aliphatic heterocycles. The van der Waals surface area contributed by atoms with Crippen LogP contribution < -0.4 is 15.4 Å². The van der Waals surface area contributed by atoms with Crippen molar-refractivity contribution in [1.29, 1.82) is 0 Å². The number of phenolic OH excluding ortho intramolecular Hbond substituents is 1. The first-order valence-electron chi connectivity index (χ1n) is 11.4. The van der Waals surface area contributed by atoms with Gasteiger partial charge in [0.25, 0.3) is 5.91 Å². The van der Waals surface area contributed by atoms with Gasteiger partial charge in [-0.2, -0.15) is 0 Å². The van der Waals surface area contributed by atoms with Gasteiger partial charge in [0.15, 0.2) is 10.7 Å². The molecule has 1 amide bonds. The van der Waals surface area contributed by atoms with E-state index in [1.54, 1.807) is 36.4 Å². The summed E-state index contributed by atoms with van der Waals surface area (Å²) < 4.78 is 11.5. The van der Waals surface area contributed by atoms with Gasteiger partial charge in [-0.3, -0.25) is 10.1 Å². The number of aromatic nitrogens is 1. The van der Waals surface area contributed by atoms with E-state index in [1.807, 2.05) is 26.0 Å². The lowest BCUT2D eigenvalue weighted by atomic mass is 10.1. The molecule has 4 rings (SSSR count). The fourth-order valence-corrected chi connectivity index (χ4v) is 3.67. The smallest absolute Gasteiger partial charge is 0.257 e. The van der Waals surface area contributed by atoms with Crippen molar-refractivity contribution in [3.8, 4) is 23.0 Å². The summed E-state index contributed by atoms with van der Waals surface area (Å²) in [5.41, 5.74) is 5.04. The minimum absolute atomic E-state index is 0.0252. The molecule has 3 aromatic carbocycles. The summed E-state index contributed by atoms with van der Waals surface area (Å²) in [5.74, 6) is 0.672. The maximum atomic E-state index is 12.5. The van der Waals surface area contributed by atoms with Crippen molar-refractivity contribution in [2.24, 2.45) is 0 Å². The van der Waals surface area contributed by atoms with E-state index in [4.69, 9.17) is 21.4 Å². The molecule has 0 unspecified atom stereocenters.